The number of nitrogens with zero attached hydrogens (tertiary/aromatic N) is 1. The molecule has 2 rings (SSSR count). The summed E-state index contributed by atoms with van der Waals surface area (Å²) in [6.45, 7) is 6.50. The minimum Gasteiger partial charge on any atom is -0.496 e. The average molecular weight is 415 g/mol. The van der Waals surface area contributed by atoms with Gasteiger partial charge in [-0.1, -0.05) is 39.0 Å². The average Bonchev–Trinajstić information content (AvgIpc) is 2.72. The molecule has 30 heavy (non-hydrogen) atoms. The highest BCUT2D eigenvalue weighted by Gasteiger charge is 2.23. The Morgan fingerprint density at radius 1 is 1.13 bits per heavy atom. The van der Waals surface area contributed by atoms with Crippen molar-refractivity contribution in [3.8, 4) is 5.75 Å². The number of hydrogen-bond acceptors (Lipinski definition) is 6. The lowest BCUT2D eigenvalue weighted by Gasteiger charge is -2.21. The highest BCUT2D eigenvalue weighted by molar-refractivity contribution is 6.41. The van der Waals surface area contributed by atoms with Gasteiger partial charge in [0.25, 0.3) is 5.91 Å². The second-order valence-corrected chi connectivity index (χ2v) is 7.23. The quantitative estimate of drug-likeness (QED) is 0.488. The molecule has 0 saturated heterocycles. The maximum atomic E-state index is 12.5. The van der Waals surface area contributed by atoms with Gasteiger partial charge in [-0.05, 0) is 24.1 Å². The molecule has 0 aliphatic heterocycles. The zero-order valence-corrected chi connectivity index (χ0v) is 17.8. The van der Waals surface area contributed by atoms with Crippen molar-refractivity contribution in [1.82, 2.24) is 15.6 Å². The fourth-order valence-corrected chi connectivity index (χ4v) is 2.39. The van der Waals surface area contributed by atoms with Crippen LogP contribution >= 0.6 is 0 Å². The summed E-state index contributed by atoms with van der Waals surface area (Å²) >= 11 is 0. The lowest BCUT2D eigenvalue weighted by molar-refractivity contribution is -0.121. The summed E-state index contributed by atoms with van der Waals surface area (Å²) in [7, 11) is -0.144. The lowest BCUT2D eigenvalue weighted by Crippen LogP contribution is -2.38. The molecule has 0 fully saturated rings. The van der Waals surface area contributed by atoms with Gasteiger partial charge in [0.2, 0.25) is 5.91 Å². The minimum atomic E-state index is -1.64. The maximum absolute atomic E-state index is 12.5. The van der Waals surface area contributed by atoms with Crippen LogP contribution in [0.15, 0.2) is 48.8 Å². The second-order valence-electron chi connectivity index (χ2n) is 7.23. The van der Waals surface area contributed by atoms with Crippen LogP contribution in [0, 0.1) is 5.92 Å². The van der Waals surface area contributed by atoms with Gasteiger partial charge in [-0.25, -0.2) is 0 Å². The zero-order chi connectivity index (χ0) is 22.5. The molecule has 0 aliphatic carbocycles. The van der Waals surface area contributed by atoms with Crippen molar-refractivity contribution >= 4 is 18.9 Å². The summed E-state index contributed by atoms with van der Waals surface area (Å²) < 4.78 is 5.32. The van der Waals surface area contributed by atoms with Crippen molar-refractivity contribution in [3.63, 3.8) is 0 Å². The van der Waals surface area contributed by atoms with Crippen LogP contribution in [-0.4, -0.2) is 47.5 Å². The van der Waals surface area contributed by atoms with E-state index < -0.39 is 19.1 Å². The van der Waals surface area contributed by atoms with E-state index in [1.165, 1.54) is 13.3 Å². The topological polar surface area (TPSA) is 121 Å². The van der Waals surface area contributed by atoms with Crippen LogP contribution in [0.4, 0.5) is 0 Å². The fraction of sp³-hybridized carbons (Fsp3) is 0.381. The van der Waals surface area contributed by atoms with Crippen molar-refractivity contribution in [3.05, 3.63) is 59.9 Å². The number of amides is 2. The number of benzene rings is 1. The second kappa shape index (κ2) is 13.3. The van der Waals surface area contributed by atoms with E-state index in [-0.39, 0.29) is 18.8 Å². The van der Waals surface area contributed by atoms with Gasteiger partial charge >= 0.3 is 7.12 Å². The maximum Gasteiger partial charge on any atom is 0.472 e. The number of methoxy groups -OCH3 is 1. The first-order valence-electron chi connectivity index (χ1n) is 9.71. The largest absolute Gasteiger partial charge is 0.496 e. The van der Waals surface area contributed by atoms with E-state index in [2.05, 4.69) is 36.4 Å². The van der Waals surface area contributed by atoms with Gasteiger partial charge in [0, 0.05) is 18.0 Å². The van der Waals surface area contributed by atoms with E-state index >= 15 is 0 Å². The number of nitrogens with one attached hydrogen (secondary N) is 2. The van der Waals surface area contributed by atoms with Crippen LogP contribution < -0.4 is 15.4 Å². The molecule has 1 atom stereocenters. The molecule has 1 unspecified atom stereocenters. The molecule has 1 aromatic heterocycles. The summed E-state index contributed by atoms with van der Waals surface area (Å²) in [5, 5.41) is 22.9. The van der Waals surface area contributed by atoms with Gasteiger partial charge in [0.05, 0.1) is 31.6 Å². The third-order valence-electron chi connectivity index (χ3n) is 3.61. The molecule has 0 saturated carbocycles. The minimum absolute atomic E-state index is 0.0981. The molecule has 1 aromatic carbocycles. The van der Waals surface area contributed by atoms with Gasteiger partial charge in [-0.15, -0.1) is 0 Å². The number of pyridine rings is 1. The zero-order valence-electron chi connectivity index (χ0n) is 17.8. The first-order chi connectivity index (χ1) is 14.2. The lowest BCUT2D eigenvalue weighted by atomic mass is 9.92. The highest BCUT2D eigenvalue weighted by Crippen LogP contribution is 2.27. The molecule has 162 valence electrons. The van der Waals surface area contributed by atoms with E-state index in [1.807, 2.05) is 0 Å². The first kappa shape index (κ1) is 25.1. The van der Waals surface area contributed by atoms with Crippen molar-refractivity contribution in [2.45, 2.75) is 33.2 Å². The Morgan fingerprint density at radius 2 is 1.80 bits per heavy atom. The molecular weight excluding hydrogens is 385 g/mol. The monoisotopic (exact) mass is 415 g/mol. The van der Waals surface area contributed by atoms with Gasteiger partial charge in [0.1, 0.15) is 5.75 Å². The molecule has 0 radical (unpaired) electrons. The molecule has 1 heterocycles. The summed E-state index contributed by atoms with van der Waals surface area (Å²) in [6.07, 6.45) is 2.59. The molecule has 0 spiro atoms. The summed E-state index contributed by atoms with van der Waals surface area (Å²) in [4.78, 5) is 28.5. The molecule has 0 aliphatic rings. The van der Waals surface area contributed by atoms with E-state index in [9.17, 15) is 9.59 Å². The van der Waals surface area contributed by atoms with Crippen molar-refractivity contribution < 1.29 is 24.4 Å². The Balaban J connectivity index is 0.00000103. The summed E-state index contributed by atoms with van der Waals surface area (Å²) in [5.41, 5.74) is 0.991. The molecule has 8 nitrogen and oxygen atoms in total. The molecule has 0 bridgehead atoms. The Morgan fingerprint density at radius 3 is 2.37 bits per heavy atom. The van der Waals surface area contributed by atoms with Crippen LogP contribution in [0.1, 0.15) is 49.2 Å². The van der Waals surface area contributed by atoms with E-state index in [0.29, 0.717) is 16.9 Å². The standard InChI is InChI=1S/C17H20BN3O5.C4H10/c1-26-15-7-3-2-6-13(15)14(9-16(22)20-11-18(24)25)21-17(23)12-5-4-8-19-10-12;1-4(2)3/h2-8,10,14,24-25H,9,11H2,1H3,(H,20,22)(H,21,23);4H,1-3H3. The Hall–Kier alpha value is -2.91. The van der Waals surface area contributed by atoms with E-state index in [4.69, 9.17) is 14.8 Å². The third-order valence-corrected chi connectivity index (χ3v) is 3.61. The van der Waals surface area contributed by atoms with Crippen LogP contribution in [0.2, 0.25) is 0 Å². The van der Waals surface area contributed by atoms with Crippen molar-refractivity contribution in [1.29, 1.82) is 0 Å². The Labute approximate surface area is 177 Å². The van der Waals surface area contributed by atoms with Gasteiger partial charge in [-0.3, -0.25) is 14.6 Å². The number of para-hydroxylation sites is 1. The highest BCUT2D eigenvalue weighted by atomic mass is 16.5. The Bertz CT molecular complexity index is 784. The summed E-state index contributed by atoms with van der Waals surface area (Å²) in [6, 6.07) is 9.62. The number of hydrogen-bond donors (Lipinski definition) is 4. The Kier molecular flexibility index (Phi) is 11.2. The molecule has 9 heteroatoms. The van der Waals surface area contributed by atoms with Crippen molar-refractivity contribution in [2.75, 3.05) is 13.6 Å². The van der Waals surface area contributed by atoms with Crippen LogP contribution in [-0.2, 0) is 4.79 Å². The normalized spacial score (nSPS) is 11.0. The van der Waals surface area contributed by atoms with Gasteiger partial charge < -0.3 is 25.4 Å². The fourth-order valence-electron chi connectivity index (χ4n) is 2.39. The smallest absolute Gasteiger partial charge is 0.472 e. The number of aromatic nitrogens is 1. The molecule has 2 amide bonds. The van der Waals surface area contributed by atoms with E-state index in [1.54, 1.807) is 42.6 Å². The SMILES string of the molecule is CC(C)C.COc1ccccc1C(CC(=O)NCB(O)O)NC(=O)c1cccnc1. The summed E-state index contributed by atoms with van der Waals surface area (Å²) in [5.74, 6) is 0.531. The third kappa shape index (κ3) is 9.53. The van der Waals surface area contributed by atoms with Crippen LogP contribution in [0.5, 0.6) is 5.75 Å². The number of carbonyl (C=O) groups is 2. The number of ether oxygens (including phenoxy) is 1. The molecule has 4 N–H and O–H groups in total. The first-order valence-corrected chi connectivity index (χ1v) is 9.71. The van der Waals surface area contributed by atoms with Crippen LogP contribution in [0.25, 0.3) is 0 Å². The molecular formula is C21H30BN3O5. The van der Waals surface area contributed by atoms with Crippen LogP contribution in [0.3, 0.4) is 0 Å². The number of carbonyl (C=O) groups excluding carboxylic acids is 2. The van der Waals surface area contributed by atoms with Crippen molar-refractivity contribution in [2.24, 2.45) is 5.92 Å². The molecule has 2 aromatic rings. The van der Waals surface area contributed by atoms with Gasteiger partial charge in [-0.2, -0.15) is 0 Å². The predicted molar refractivity (Wildman–Crippen MR) is 116 cm³/mol. The van der Waals surface area contributed by atoms with Gasteiger partial charge in [0.15, 0.2) is 0 Å². The predicted octanol–water partition coefficient (Wildman–Crippen LogP) is 1.74. The van der Waals surface area contributed by atoms with E-state index in [0.717, 1.165) is 5.92 Å². The number of rotatable bonds is 8.